The Labute approximate surface area is 106 Å². The molecule has 1 heterocycles. The van der Waals surface area contributed by atoms with E-state index >= 15 is 0 Å². The molecule has 1 aromatic heterocycles. The topological polar surface area (TPSA) is 62.6 Å². The van der Waals surface area contributed by atoms with E-state index in [9.17, 15) is 5.11 Å². The number of benzene rings is 1. The summed E-state index contributed by atoms with van der Waals surface area (Å²) in [6, 6.07) is 11.0. The summed E-state index contributed by atoms with van der Waals surface area (Å²) in [6.07, 6.45) is 2.14. The minimum atomic E-state index is -0.120. The fourth-order valence-electron chi connectivity index (χ4n) is 1.67. The van der Waals surface area contributed by atoms with Crippen molar-refractivity contribution in [3.63, 3.8) is 0 Å². The Morgan fingerprint density at radius 3 is 2.56 bits per heavy atom. The van der Waals surface area contributed by atoms with Crippen molar-refractivity contribution < 1.29 is 14.9 Å². The zero-order valence-electron chi connectivity index (χ0n) is 9.91. The van der Waals surface area contributed by atoms with Crippen LogP contribution in [-0.2, 0) is 13.0 Å². The van der Waals surface area contributed by atoms with E-state index in [0.29, 0.717) is 23.6 Å². The van der Waals surface area contributed by atoms with Crippen LogP contribution in [0.1, 0.15) is 11.1 Å². The second-order valence-electron chi connectivity index (χ2n) is 3.81. The van der Waals surface area contributed by atoms with E-state index in [1.807, 2.05) is 24.3 Å². The maximum absolute atomic E-state index is 9.21. The molecule has 0 bridgehead atoms. The summed E-state index contributed by atoms with van der Waals surface area (Å²) in [5.41, 5.74) is 1.55. The van der Waals surface area contributed by atoms with E-state index in [2.05, 4.69) is 4.98 Å². The number of aliphatic hydroxyl groups excluding tert-OH is 2. The van der Waals surface area contributed by atoms with Crippen molar-refractivity contribution in [3.05, 3.63) is 53.7 Å². The van der Waals surface area contributed by atoms with Gasteiger partial charge in [0.2, 0.25) is 5.88 Å². The molecule has 0 unspecified atom stereocenters. The van der Waals surface area contributed by atoms with Crippen molar-refractivity contribution in [3.8, 4) is 11.6 Å². The normalized spacial score (nSPS) is 10.3. The molecule has 4 heteroatoms. The predicted octanol–water partition coefficient (Wildman–Crippen LogP) is 1.90. The molecule has 4 nitrogen and oxygen atoms in total. The summed E-state index contributed by atoms with van der Waals surface area (Å²) in [5.74, 6) is 1.05. The standard InChI is InChI=1S/C14H15NO3/c16-9-7-11-4-1-2-6-13(11)18-14-12(10-17)5-3-8-15-14/h1-6,8,16-17H,7,9-10H2. The first-order valence-electron chi connectivity index (χ1n) is 5.76. The zero-order valence-corrected chi connectivity index (χ0v) is 9.91. The molecule has 0 spiro atoms. The highest BCUT2D eigenvalue weighted by molar-refractivity contribution is 5.38. The maximum atomic E-state index is 9.21. The van der Waals surface area contributed by atoms with Gasteiger partial charge < -0.3 is 14.9 Å². The average Bonchev–Trinajstić information content (AvgIpc) is 2.42. The third-order valence-corrected chi connectivity index (χ3v) is 2.58. The molecule has 0 aliphatic heterocycles. The summed E-state index contributed by atoms with van der Waals surface area (Å²) in [7, 11) is 0. The number of hydrogen-bond acceptors (Lipinski definition) is 4. The summed E-state index contributed by atoms with van der Waals surface area (Å²) < 4.78 is 5.70. The Kier molecular flexibility index (Phi) is 4.28. The monoisotopic (exact) mass is 245 g/mol. The molecule has 2 N–H and O–H groups in total. The van der Waals surface area contributed by atoms with Crippen LogP contribution in [0.4, 0.5) is 0 Å². The number of hydrogen-bond donors (Lipinski definition) is 2. The van der Waals surface area contributed by atoms with Gasteiger partial charge in [0.15, 0.2) is 0 Å². The molecule has 0 saturated heterocycles. The van der Waals surface area contributed by atoms with Gasteiger partial charge in [0.25, 0.3) is 0 Å². The molecule has 18 heavy (non-hydrogen) atoms. The summed E-state index contributed by atoms with van der Waals surface area (Å²) in [6.45, 7) is -0.0548. The Morgan fingerprint density at radius 1 is 1.00 bits per heavy atom. The fourth-order valence-corrected chi connectivity index (χ4v) is 1.67. The minimum absolute atomic E-state index is 0.0649. The largest absolute Gasteiger partial charge is 0.438 e. The number of ether oxygens (including phenoxy) is 1. The van der Waals surface area contributed by atoms with Crippen LogP contribution in [0.25, 0.3) is 0 Å². The van der Waals surface area contributed by atoms with Crippen LogP contribution < -0.4 is 4.74 Å². The van der Waals surface area contributed by atoms with Crippen LogP contribution >= 0.6 is 0 Å². The Hall–Kier alpha value is -1.91. The SMILES string of the molecule is OCCc1ccccc1Oc1ncccc1CO. The molecule has 0 aliphatic rings. The molecule has 0 aliphatic carbocycles. The number of rotatable bonds is 5. The summed E-state index contributed by atoms with van der Waals surface area (Å²) in [5, 5.41) is 18.2. The van der Waals surface area contributed by atoms with Gasteiger partial charge >= 0.3 is 0 Å². The molecule has 94 valence electrons. The van der Waals surface area contributed by atoms with Gasteiger partial charge in [0.1, 0.15) is 5.75 Å². The van der Waals surface area contributed by atoms with Crippen LogP contribution in [-0.4, -0.2) is 21.8 Å². The first kappa shape index (κ1) is 12.5. The lowest BCUT2D eigenvalue weighted by molar-refractivity contribution is 0.274. The van der Waals surface area contributed by atoms with Gasteiger partial charge in [-0.25, -0.2) is 4.98 Å². The summed E-state index contributed by atoms with van der Waals surface area (Å²) in [4.78, 5) is 4.10. The molecular formula is C14H15NO3. The minimum Gasteiger partial charge on any atom is -0.438 e. The predicted molar refractivity (Wildman–Crippen MR) is 67.5 cm³/mol. The van der Waals surface area contributed by atoms with Crippen molar-refractivity contribution in [2.75, 3.05) is 6.61 Å². The maximum Gasteiger partial charge on any atom is 0.224 e. The van der Waals surface area contributed by atoms with Crippen LogP contribution in [0, 0.1) is 0 Å². The van der Waals surface area contributed by atoms with E-state index in [1.54, 1.807) is 18.3 Å². The lowest BCUT2D eigenvalue weighted by Crippen LogP contribution is -1.98. The molecule has 0 radical (unpaired) electrons. The van der Waals surface area contributed by atoms with E-state index in [4.69, 9.17) is 9.84 Å². The third-order valence-electron chi connectivity index (χ3n) is 2.58. The van der Waals surface area contributed by atoms with Crippen molar-refractivity contribution in [1.29, 1.82) is 0 Å². The third kappa shape index (κ3) is 2.85. The highest BCUT2D eigenvalue weighted by atomic mass is 16.5. The van der Waals surface area contributed by atoms with Gasteiger partial charge in [0, 0.05) is 18.4 Å². The fraction of sp³-hybridized carbons (Fsp3) is 0.214. The summed E-state index contributed by atoms with van der Waals surface area (Å²) >= 11 is 0. The zero-order chi connectivity index (χ0) is 12.8. The Bertz CT molecular complexity index is 514. The number of para-hydroxylation sites is 1. The Balaban J connectivity index is 2.28. The van der Waals surface area contributed by atoms with E-state index in [1.165, 1.54) is 0 Å². The molecule has 0 fully saturated rings. The van der Waals surface area contributed by atoms with Crippen LogP contribution in [0.15, 0.2) is 42.6 Å². The average molecular weight is 245 g/mol. The van der Waals surface area contributed by atoms with Gasteiger partial charge in [-0.1, -0.05) is 18.2 Å². The second kappa shape index (κ2) is 6.14. The molecule has 0 saturated carbocycles. The lowest BCUT2D eigenvalue weighted by atomic mass is 10.1. The van der Waals surface area contributed by atoms with Crippen molar-refractivity contribution >= 4 is 0 Å². The van der Waals surface area contributed by atoms with E-state index in [-0.39, 0.29) is 13.2 Å². The van der Waals surface area contributed by atoms with Gasteiger partial charge in [0.05, 0.1) is 6.61 Å². The number of pyridine rings is 1. The second-order valence-corrected chi connectivity index (χ2v) is 3.81. The van der Waals surface area contributed by atoms with Crippen LogP contribution in [0.5, 0.6) is 11.6 Å². The van der Waals surface area contributed by atoms with E-state index < -0.39 is 0 Å². The van der Waals surface area contributed by atoms with Crippen molar-refractivity contribution in [2.24, 2.45) is 0 Å². The lowest BCUT2D eigenvalue weighted by Gasteiger charge is -2.11. The highest BCUT2D eigenvalue weighted by Crippen LogP contribution is 2.26. The van der Waals surface area contributed by atoms with Gasteiger partial charge in [-0.05, 0) is 30.2 Å². The first-order chi connectivity index (χ1) is 8.85. The molecule has 2 aromatic rings. The number of aliphatic hydroxyl groups is 2. The van der Waals surface area contributed by atoms with Crippen LogP contribution in [0.2, 0.25) is 0 Å². The van der Waals surface area contributed by atoms with Crippen molar-refractivity contribution in [2.45, 2.75) is 13.0 Å². The molecular weight excluding hydrogens is 230 g/mol. The molecule has 0 amide bonds. The molecule has 2 rings (SSSR count). The quantitative estimate of drug-likeness (QED) is 0.844. The molecule has 1 aromatic carbocycles. The highest BCUT2D eigenvalue weighted by Gasteiger charge is 2.08. The number of aromatic nitrogens is 1. The molecule has 0 atom stereocenters. The van der Waals surface area contributed by atoms with Gasteiger partial charge in [-0.3, -0.25) is 0 Å². The van der Waals surface area contributed by atoms with Crippen molar-refractivity contribution in [1.82, 2.24) is 4.98 Å². The Morgan fingerprint density at radius 2 is 1.78 bits per heavy atom. The van der Waals surface area contributed by atoms with Crippen LogP contribution in [0.3, 0.4) is 0 Å². The van der Waals surface area contributed by atoms with E-state index in [0.717, 1.165) is 5.56 Å². The van der Waals surface area contributed by atoms with Gasteiger partial charge in [-0.15, -0.1) is 0 Å². The smallest absolute Gasteiger partial charge is 0.224 e. The number of nitrogens with zero attached hydrogens (tertiary/aromatic N) is 1. The first-order valence-corrected chi connectivity index (χ1v) is 5.76. The van der Waals surface area contributed by atoms with Gasteiger partial charge in [-0.2, -0.15) is 0 Å².